The van der Waals surface area contributed by atoms with Crippen LogP contribution in [-0.2, 0) is 9.53 Å². The van der Waals surface area contributed by atoms with Crippen molar-refractivity contribution in [1.29, 1.82) is 0 Å². The second-order valence-electron chi connectivity index (χ2n) is 6.08. The minimum Gasteiger partial charge on any atom is -0.381 e. The summed E-state index contributed by atoms with van der Waals surface area (Å²) < 4.78 is 5.60. The fourth-order valence-corrected chi connectivity index (χ4v) is 4.06. The van der Waals surface area contributed by atoms with Gasteiger partial charge in [-0.1, -0.05) is 0 Å². The highest BCUT2D eigenvalue weighted by atomic mass is 35.5. The van der Waals surface area contributed by atoms with E-state index in [2.05, 4.69) is 10.2 Å². The Morgan fingerprint density at radius 1 is 1.21 bits per heavy atom. The first-order chi connectivity index (χ1) is 8.79. The summed E-state index contributed by atoms with van der Waals surface area (Å²) in [5.41, 5.74) is 0. The smallest absolute Gasteiger partial charge is 0.226 e. The molecule has 2 aliphatic heterocycles. The largest absolute Gasteiger partial charge is 0.381 e. The molecule has 3 rings (SSSR count). The van der Waals surface area contributed by atoms with Gasteiger partial charge in [0.15, 0.2) is 0 Å². The first kappa shape index (κ1) is 15.1. The molecule has 1 aliphatic carbocycles. The zero-order valence-electron chi connectivity index (χ0n) is 11.6. The van der Waals surface area contributed by atoms with Crippen molar-refractivity contribution in [1.82, 2.24) is 10.2 Å². The van der Waals surface area contributed by atoms with Crippen LogP contribution >= 0.6 is 12.4 Å². The Morgan fingerprint density at radius 3 is 2.42 bits per heavy atom. The fourth-order valence-electron chi connectivity index (χ4n) is 4.06. The molecule has 1 N–H and O–H groups in total. The Kier molecular flexibility index (Phi) is 5.09. The van der Waals surface area contributed by atoms with Crippen molar-refractivity contribution < 1.29 is 9.53 Å². The quantitative estimate of drug-likeness (QED) is 0.833. The van der Waals surface area contributed by atoms with Gasteiger partial charge in [-0.15, -0.1) is 12.4 Å². The number of halogens is 1. The molecule has 3 fully saturated rings. The highest BCUT2D eigenvalue weighted by Crippen LogP contribution is 2.39. The molecule has 1 saturated carbocycles. The number of amides is 1. The lowest BCUT2D eigenvalue weighted by Crippen LogP contribution is -2.51. The van der Waals surface area contributed by atoms with Crippen LogP contribution in [0.5, 0.6) is 0 Å². The molecule has 3 aliphatic rings. The minimum atomic E-state index is 0. The van der Waals surface area contributed by atoms with Gasteiger partial charge in [0.25, 0.3) is 0 Å². The summed E-state index contributed by atoms with van der Waals surface area (Å²) in [6.45, 7) is 3.79. The number of fused-ring (bicyclic) bond motifs is 2. The summed E-state index contributed by atoms with van der Waals surface area (Å²) in [6, 6.07) is 0. The van der Waals surface area contributed by atoms with E-state index in [9.17, 15) is 4.79 Å². The van der Waals surface area contributed by atoms with E-state index >= 15 is 0 Å². The Balaban J connectivity index is 0.00000133. The average molecular weight is 289 g/mol. The van der Waals surface area contributed by atoms with Crippen LogP contribution in [0, 0.1) is 17.8 Å². The molecule has 0 aromatic heterocycles. The first-order valence-corrected chi connectivity index (χ1v) is 7.32. The third-order valence-electron chi connectivity index (χ3n) is 4.98. The minimum absolute atomic E-state index is 0. The molecular weight excluding hydrogens is 264 g/mol. The number of nitrogens with zero attached hydrogens (tertiary/aromatic N) is 1. The van der Waals surface area contributed by atoms with Crippen molar-refractivity contribution >= 4 is 18.3 Å². The summed E-state index contributed by atoms with van der Waals surface area (Å²) in [4.78, 5) is 14.6. The number of ether oxygens (including phenoxy) is 1. The molecule has 4 nitrogen and oxygen atoms in total. The highest BCUT2D eigenvalue weighted by Gasteiger charge is 2.44. The van der Waals surface area contributed by atoms with Crippen molar-refractivity contribution in [2.24, 2.45) is 17.8 Å². The van der Waals surface area contributed by atoms with Gasteiger partial charge < -0.3 is 15.0 Å². The zero-order chi connectivity index (χ0) is 12.5. The van der Waals surface area contributed by atoms with Crippen LogP contribution in [0.25, 0.3) is 0 Å². The predicted octanol–water partition coefficient (Wildman–Crippen LogP) is 1.29. The summed E-state index contributed by atoms with van der Waals surface area (Å²) in [5.74, 6) is 1.76. The number of hydrogen-bond donors (Lipinski definition) is 1. The van der Waals surface area contributed by atoms with Crippen molar-refractivity contribution in [3.63, 3.8) is 0 Å². The first-order valence-electron chi connectivity index (χ1n) is 7.32. The molecule has 0 aromatic rings. The number of methoxy groups -OCH3 is 1. The molecule has 2 bridgehead atoms. The Bertz CT molecular complexity index is 307. The summed E-state index contributed by atoms with van der Waals surface area (Å²) in [7, 11) is 1.82. The van der Waals surface area contributed by atoms with E-state index in [1.807, 2.05) is 7.11 Å². The van der Waals surface area contributed by atoms with Crippen LogP contribution in [-0.4, -0.2) is 50.2 Å². The second kappa shape index (κ2) is 6.42. The van der Waals surface area contributed by atoms with E-state index in [4.69, 9.17) is 4.74 Å². The van der Waals surface area contributed by atoms with Gasteiger partial charge in [-0.2, -0.15) is 0 Å². The SMILES string of the molecule is COC1[C@@H]2CC[C@H]1CN(C(=O)C1CCCNC1)C2.Cl. The Hall–Kier alpha value is -0.320. The maximum Gasteiger partial charge on any atom is 0.226 e. The van der Waals surface area contributed by atoms with Crippen molar-refractivity contribution in [2.75, 3.05) is 33.3 Å². The lowest BCUT2D eigenvalue weighted by Gasteiger charge is -2.39. The van der Waals surface area contributed by atoms with Crippen LogP contribution < -0.4 is 5.32 Å². The van der Waals surface area contributed by atoms with Crippen molar-refractivity contribution in [3.8, 4) is 0 Å². The molecule has 4 atom stereocenters. The molecule has 1 amide bonds. The molecule has 19 heavy (non-hydrogen) atoms. The highest BCUT2D eigenvalue weighted by molar-refractivity contribution is 5.85. The maximum absolute atomic E-state index is 12.5. The van der Waals surface area contributed by atoms with Gasteiger partial charge in [-0.3, -0.25) is 4.79 Å². The lowest BCUT2D eigenvalue weighted by atomic mass is 9.92. The van der Waals surface area contributed by atoms with E-state index < -0.39 is 0 Å². The number of likely N-dealkylation sites (tertiary alicyclic amines) is 1. The van der Waals surface area contributed by atoms with Gasteiger partial charge in [-0.05, 0) is 32.2 Å². The van der Waals surface area contributed by atoms with E-state index in [1.54, 1.807) is 0 Å². The maximum atomic E-state index is 12.5. The topological polar surface area (TPSA) is 41.6 Å². The van der Waals surface area contributed by atoms with Crippen LogP contribution in [0.4, 0.5) is 0 Å². The number of nitrogens with one attached hydrogen (secondary N) is 1. The third kappa shape index (κ3) is 2.91. The van der Waals surface area contributed by atoms with Crippen molar-refractivity contribution in [2.45, 2.75) is 31.8 Å². The standard InChI is InChI=1S/C14H24N2O2.ClH/c1-18-13-11-4-5-12(13)9-16(8-11)14(17)10-3-2-6-15-7-10;/h10-13,15H,2-9H2,1H3;1H/t10?,11-,12+,13?;. The third-order valence-corrected chi connectivity index (χ3v) is 4.98. The van der Waals surface area contributed by atoms with Crippen LogP contribution in [0.2, 0.25) is 0 Å². The number of carbonyl (C=O) groups excluding carboxylic acids is 1. The summed E-state index contributed by atoms with van der Waals surface area (Å²) in [6.07, 6.45) is 5.06. The molecule has 0 spiro atoms. The normalized spacial score (nSPS) is 37.8. The van der Waals surface area contributed by atoms with Crippen LogP contribution in [0.3, 0.4) is 0 Å². The van der Waals surface area contributed by atoms with E-state index in [0.717, 1.165) is 39.0 Å². The van der Waals surface area contributed by atoms with Crippen LogP contribution in [0.15, 0.2) is 0 Å². The molecule has 2 unspecified atom stereocenters. The number of piperidine rings is 2. The second-order valence-corrected chi connectivity index (χ2v) is 6.08. The van der Waals surface area contributed by atoms with Crippen molar-refractivity contribution in [3.05, 3.63) is 0 Å². The molecule has 0 radical (unpaired) electrons. The van der Waals surface area contributed by atoms with E-state index in [0.29, 0.717) is 23.8 Å². The van der Waals surface area contributed by atoms with Gasteiger partial charge in [0.2, 0.25) is 5.91 Å². The fraction of sp³-hybridized carbons (Fsp3) is 0.929. The predicted molar refractivity (Wildman–Crippen MR) is 76.4 cm³/mol. The molecule has 2 saturated heterocycles. The molecule has 5 heteroatoms. The average Bonchev–Trinajstić information content (AvgIpc) is 2.67. The Labute approximate surface area is 121 Å². The number of hydrogen-bond acceptors (Lipinski definition) is 3. The number of carbonyl (C=O) groups is 1. The Morgan fingerprint density at radius 2 is 1.89 bits per heavy atom. The van der Waals surface area contributed by atoms with E-state index in [1.165, 1.54) is 12.8 Å². The molecule has 110 valence electrons. The van der Waals surface area contributed by atoms with Gasteiger partial charge in [0.05, 0.1) is 12.0 Å². The zero-order valence-corrected chi connectivity index (χ0v) is 12.5. The van der Waals surface area contributed by atoms with Gasteiger partial charge in [0, 0.05) is 38.6 Å². The summed E-state index contributed by atoms with van der Waals surface area (Å²) in [5, 5.41) is 3.34. The molecule has 2 heterocycles. The monoisotopic (exact) mass is 288 g/mol. The van der Waals surface area contributed by atoms with Gasteiger partial charge in [-0.25, -0.2) is 0 Å². The summed E-state index contributed by atoms with van der Waals surface area (Å²) >= 11 is 0. The van der Waals surface area contributed by atoms with Gasteiger partial charge >= 0.3 is 0 Å². The lowest BCUT2D eigenvalue weighted by molar-refractivity contribution is -0.141. The molecule has 0 aromatic carbocycles. The number of rotatable bonds is 2. The van der Waals surface area contributed by atoms with Crippen LogP contribution in [0.1, 0.15) is 25.7 Å². The molecular formula is C14H25ClN2O2. The van der Waals surface area contributed by atoms with Gasteiger partial charge in [0.1, 0.15) is 0 Å². The van der Waals surface area contributed by atoms with E-state index in [-0.39, 0.29) is 18.3 Å².